The van der Waals surface area contributed by atoms with Crippen LogP contribution in [0.3, 0.4) is 0 Å². The van der Waals surface area contributed by atoms with Gasteiger partial charge < -0.3 is 25.3 Å². The topological polar surface area (TPSA) is 233 Å². The first-order valence-corrected chi connectivity index (χ1v) is 23.5. The largest absolute Gasteiger partial charge is 0.506 e. The Hall–Kier alpha value is -7.67. The molecule has 0 saturated carbocycles. The molecule has 4 amide bonds. The maximum Gasteiger partial charge on any atom is 0.277 e. The molecular formula is C49H41Br2Cl2F4N9O9. The van der Waals surface area contributed by atoms with Gasteiger partial charge >= 0.3 is 0 Å². The number of phenolic OH excluding ortho intramolecular Hbond substituents is 4. The van der Waals surface area contributed by atoms with Gasteiger partial charge in [-0.25, -0.2) is 37.5 Å². The summed E-state index contributed by atoms with van der Waals surface area (Å²) in [6, 6.07) is 10.2. The minimum absolute atomic E-state index is 0.0143. The molecule has 75 heavy (non-hydrogen) atoms. The molecule has 0 bridgehead atoms. The van der Waals surface area contributed by atoms with Crippen LogP contribution in [0.15, 0.2) is 105 Å². The maximum atomic E-state index is 13.2. The molecule has 392 valence electrons. The summed E-state index contributed by atoms with van der Waals surface area (Å²) in [6.45, 7) is 5.17. The number of phenols is 4. The highest BCUT2D eigenvalue weighted by Gasteiger charge is 2.28. The zero-order valence-electron chi connectivity index (χ0n) is 40.4. The fraction of sp³-hybridized carbons (Fsp3) is 0.163. The number of aliphatic imine (C=N–C) groups is 4. The van der Waals surface area contributed by atoms with Crippen molar-refractivity contribution < 1.29 is 62.0 Å². The van der Waals surface area contributed by atoms with E-state index in [2.05, 4.69) is 61.8 Å². The summed E-state index contributed by atoms with van der Waals surface area (Å²) in [5, 5.41) is 40.8. The van der Waals surface area contributed by atoms with Gasteiger partial charge in [-0.3, -0.25) is 38.8 Å². The first-order valence-electron chi connectivity index (χ1n) is 21.2. The molecule has 4 heterocycles. The van der Waals surface area contributed by atoms with E-state index < -0.39 is 40.7 Å². The van der Waals surface area contributed by atoms with Gasteiger partial charge in [-0.1, -0.05) is 28.4 Å². The fourth-order valence-corrected chi connectivity index (χ4v) is 7.99. The summed E-state index contributed by atoms with van der Waals surface area (Å²) in [6.07, 6.45) is 6.96. The Bertz CT molecular complexity index is 3000. The Morgan fingerprint density at radius 2 is 0.787 bits per heavy atom. The number of hydrogen-bond donors (Lipinski definition) is 4. The number of amides is 4. The van der Waals surface area contributed by atoms with E-state index in [1.54, 1.807) is 66.2 Å². The van der Waals surface area contributed by atoms with Gasteiger partial charge in [0.25, 0.3) is 23.6 Å². The number of halogens is 8. The van der Waals surface area contributed by atoms with Crippen LogP contribution in [-0.4, -0.2) is 129 Å². The van der Waals surface area contributed by atoms with Crippen molar-refractivity contribution in [3.8, 4) is 23.0 Å². The average molecular weight is 1210 g/mol. The molecule has 18 nitrogen and oxygen atoms in total. The Labute approximate surface area is 451 Å². The molecule has 4 aromatic carbocycles. The minimum atomic E-state index is -1.12. The van der Waals surface area contributed by atoms with Crippen molar-refractivity contribution in [2.45, 2.75) is 20.8 Å². The second-order valence-electron chi connectivity index (χ2n) is 15.8. The molecule has 4 aliphatic heterocycles. The zero-order valence-corrected chi connectivity index (χ0v) is 45.1. The lowest BCUT2D eigenvalue weighted by Crippen LogP contribution is -2.28. The van der Waals surface area contributed by atoms with Gasteiger partial charge in [0.05, 0.1) is 19.0 Å². The molecule has 8 rings (SSSR count). The van der Waals surface area contributed by atoms with E-state index in [0.717, 1.165) is 29.8 Å². The van der Waals surface area contributed by atoms with E-state index in [0.29, 0.717) is 43.4 Å². The van der Waals surface area contributed by atoms with Gasteiger partial charge in [0.1, 0.15) is 59.4 Å². The van der Waals surface area contributed by atoms with Crippen LogP contribution >= 0.6 is 55.1 Å². The number of aromatic hydroxyl groups is 4. The lowest BCUT2D eigenvalue weighted by molar-refractivity contribution is -0.122. The number of carbonyl (C=O) groups excluding carboxylic acids is 4. The van der Waals surface area contributed by atoms with Gasteiger partial charge in [0.15, 0.2) is 46.4 Å². The van der Waals surface area contributed by atoms with Crippen molar-refractivity contribution in [1.82, 2.24) is 19.6 Å². The second-order valence-corrected chi connectivity index (χ2v) is 18.3. The van der Waals surface area contributed by atoms with Crippen molar-refractivity contribution >= 4 is 133 Å². The van der Waals surface area contributed by atoms with E-state index in [9.17, 15) is 47.0 Å². The Morgan fingerprint density at radius 3 is 1.09 bits per heavy atom. The number of oxime groups is 1. The van der Waals surface area contributed by atoms with Crippen molar-refractivity contribution in [2.75, 3.05) is 35.3 Å². The molecule has 0 saturated heterocycles. The standard InChI is InChI=1S/C13H11F2N3O3.C12H10Br2N2O2.C12H10Cl2N2O2.C12H10F2N2O2/c1-18-11(6-16-21-2)17-10(13(18)20)5-7-3-8(14)12(19)9(15)4-7;3*1-6-15-10(12(18)16(6)2)5-7-3-8(13)11(17)9(14)4-7/h3-6,19H,1-2H3;3*3-5,17H,1-2H3/b10-5-,16-6+;3*10-5-. The first-order chi connectivity index (χ1) is 35.1. The molecule has 0 unspecified atom stereocenters. The van der Waals surface area contributed by atoms with Crippen molar-refractivity contribution in [2.24, 2.45) is 25.1 Å². The first kappa shape index (κ1) is 58.2. The molecule has 4 N–H and O–H groups in total. The molecule has 0 atom stereocenters. The molecule has 4 aromatic rings. The quantitative estimate of drug-likeness (QED) is 0.0622. The molecule has 0 spiro atoms. The van der Waals surface area contributed by atoms with Gasteiger partial charge in [-0.15, -0.1) is 0 Å². The summed E-state index contributed by atoms with van der Waals surface area (Å²) in [4.78, 5) is 73.5. The number of rotatable bonds is 6. The summed E-state index contributed by atoms with van der Waals surface area (Å²) in [5.74, 6) is -5.64. The lowest BCUT2D eigenvalue weighted by atomic mass is 10.1. The van der Waals surface area contributed by atoms with Gasteiger partial charge in [-0.2, -0.15) is 0 Å². The van der Waals surface area contributed by atoms with Crippen LogP contribution < -0.4 is 0 Å². The smallest absolute Gasteiger partial charge is 0.277 e. The van der Waals surface area contributed by atoms with E-state index in [4.69, 9.17) is 33.4 Å². The van der Waals surface area contributed by atoms with E-state index in [1.807, 2.05) is 0 Å². The van der Waals surface area contributed by atoms with Crippen LogP contribution in [0.5, 0.6) is 23.0 Å². The van der Waals surface area contributed by atoms with Crippen LogP contribution in [0.4, 0.5) is 17.6 Å². The van der Waals surface area contributed by atoms with Crippen LogP contribution in [0, 0.1) is 23.3 Å². The van der Waals surface area contributed by atoms with Crippen LogP contribution in [-0.2, 0) is 24.0 Å². The van der Waals surface area contributed by atoms with E-state index >= 15 is 0 Å². The van der Waals surface area contributed by atoms with E-state index in [1.165, 1.54) is 64.3 Å². The molecule has 0 radical (unpaired) electrons. The molecule has 0 aromatic heterocycles. The Kier molecular flexibility index (Phi) is 19.1. The lowest BCUT2D eigenvalue weighted by Gasteiger charge is -2.06. The molecular weight excluding hydrogens is 1170 g/mol. The number of nitrogens with zero attached hydrogens (tertiary/aromatic N) is 9. The predicted molar refractivity (Wildman–Crippen MR) is 283 cm³/mol. The van der Waals surface area contributed by atoms with Gasteiger partial charge in [0.2, 0.25) is 0 Å². The van der Waals surface area contributed by atoms with E-state index in [-0.39, 0.29) is 67.6 Å². The highest BCUT2D eigenvalue weighted by atomic mass is 79.9. The van der Waals surface area contributed by atoms with Gasteiger partial charge in [-0.05, 0) is 148 Å². The maximum absolute atomic E-state index is 13.2. The Balaban J connectivity index is 0.000000185. The number of hydrogen-bond acceptors (Lipinski definition) is 14. The summed E-state index contributed by atoms with van der Waals surface area (Å²) in [5.41, 5.74) is 2.36. The molecule has 0 fully saturated rings. The minimum Gasteiger partial charge on any atom is -0.506 e. The van der Waals surface area contributed by atoms with Crippen LogP contribution in [0.1, 0.15) is 43.0 Å². The molecule has 0 aliphatic carbocycles. The Morgan fingerprint density at radius 1 is 0.493 bits per heavy atom. The summed E-state index contributed by atoms with van der Waals surface area (Å²) >= 11 is 18.1. The highest BCUT2D eigenvalue weighted by molar-refractivity contribution is 9.11. The predicted octanol–water partition coefficient (Wildman–Crippen LogP) is 9.49. The van der Waals surface area contributed by atoms with Crippen LogP contribution in [0.25, 0.3) is 24.3 Å². The third-order valence-corrected chi connectivity index (χ3v) is 12.4. The zero-order chi connectivity index (χ0) is 55.9. The number of benzene rings is 4. The highest BCUT2D eigenvalue weighted by Crippen LogP contribution is 2.36. The van der Waals surface area contributed by atoms with Crippen molar-refractivity contribution in [1.29, 1.82) is 0 Å². The normalized spacial score (nSPS) is 17.4. The SMILES string of the molecule is CC1=N/C(=C\c2cc(Br)c(O)c(Br)c2)C(=O)N1C.CC1=N/C(=C\c2cc(Cl)c(O)c(Cl)c2)C(=O)N1C.CC1=N/C(=C\c2cc(F)c(O)c(F)c2)C(=O)N1C.CO/N=C/C1=NC(=C\c2cc(F)c(O)c(F)c2)/C(=O)N1C. The second kappa shape index (κ2) is 24.6. The summed E-state index contributed by atoms with van der Waals surface area (Å²) in [7, 11) is 7.71. The average Bonchev–Trinajstić information content (AvgIpc) is 3.95. The fourth-order valence-electron chi connectivity index (χ4n) is 6.27. The van der Waals surface area contributed by atoms with Crippen molar-refractivity contribution in [3.05, 3.63) is 136 Å². The van der Waals surface area contributed by atoms with Crippen molar-refractivity contribution in [3.63, 3.8) is 0 Å². The monoisotopic (exact) mass is 1200 g/mol. The summed E-state index contributed by atoms with van der Waals surface area (Å²) < 4.78 is 53.8. The number of likely N-dealkylation sites (N-methyl/N-ethyl adjacent to an activating group) is 4. The molecule has 26 heteroatoms. The number of amidine groups is 4. The van der Waals surface area contributed by atoms with Gasteiger partial charge in [0, 0.05) is 28.2 Å². The third kappa shape index (κ3) is 13.9. The number of carbonyl (C=O) groups is 4. The van der Waals surface area contributed by atoms with Crippen LogP contribution in [0.2, 0.25) is 10.0 Å². The third-order valence-electron chi connectivity index (χ3n) is 10.6. The molecule has 4 aliphatic rings.